The van der Waals surface area contributed by atoms with Gasteiger partial charge in [-0.3, -0.25) is 0 Å². The van der Waals surface area contributed by atoms with Crippen LogP contribution < -0.4 is 5.32 Å². The lowest BCUT2D eigenvalue weighted by molar-refractivity contribution is 0.535. The highest BCUT2D eigenvalue weighted by Crippen LogP contribution is 2.28. The average Bonchev–Trinajstić information content (AvgIpc) is 2.36. The zero-order chi connectivity index (χ0) is 14.5. The van der Waals surface area contributed by atoms with Gasteiger partial charge in [-0.15, -0.1) is 0 Å². The quantitative estimate of drug-likeness (QED) is 0.800. The van der Waals surface area contributed by atoms with E-state index in [0.717, 1.165) is 16.5 Å². The number of rotatable bonds is 7. The molecule has 6 heteroatoms. The molecule has 1 unspecified atom stereocenters. The molecule has 0 aliphatic rings. The minimum atomic E-state index is -2.89. The number of sulfone groups is 1. The first-order valence-electron chi connectivity index (χ1n) is 6.22. The first-order valence-corrected chi connectivity index (χ1v) is 9.21. The predicted octanol–water partition coefficient (Wildman–Crippen LogP) is 3.58. The minimum Gasteiger partial charge on any atom is -0.313 e. The van der Waals surface area contributed by atoms with Gasteiger partial charge in [0.2, 0.25) is 0 Å². The van der Waals surface area contributed by atoms with Gasteiger partial charge < -0.3 is 5.32 Å². The van der Waals surface area contributed by atoms with Gasteiger partial charge in [-0.1, -0.05) is 40.5 Å². The Bertz CT molecular complexity index is 519. The van der Waals surface area contributed by atoms with Crippen LogP contribution in [0.5, 0.6) is 0 Å². The normalized spacial score (nSPS) is 13.5. The Morgan fingerprint density at radius 3 is 2.63 bits per heavy atom. The summed E-state index contributed by atoms with van der Waals surface area (Å²) in [6.07, 6.45) is 1.38. The van der Waals surface area contributed by atoms with Gasteiger partial charge in [0.05, 0.1) is 5.75 Å². The van der Waals surface area contributed by atoms with Crippen LogP contribution in [0.3, 0.4) is 0 Å². The monoisotopic (exact) mass is 367 g/mol. The van der Waals surface area contributed by atoms with Crippen LogP contribution in [0.1, 0.15) is 31.4 Å². The van der Waals surface area contributed by atoms with Gasteiger partial charge in [0, 0.05) is 21.3 Å². The lowest BCUT2D eigenvalue weighted by atomic mass is 10.0. The molecule has 108 valence electrons. The fourth-order valence-corrected chi connectivity index (χ4v) is 3.59. The smallest absolute Gasteiger partial charge is 0.150 e. The Morgan fingerprint density at radius 1 is 1.42 bits per heavy atom. The van der Waals surface area contributed by atoms with Crippen molar-refractivity contribution in [1.29, 1.82) is 0 Å². The molecule has 0 heterocycles. The number of nitrogens with one attached hydrogen (secondary N) is 1. The molecule has 0 spiro atoms. The molecule has 0 saturated carbocycles. The number of hydrogen-bond acceptors (Lipinski definition) is 3. The van der Waals surface area contributed by atoms with E-state index in [0.29, 0.717) is 11.4 Å². The van der Waals surface area contributed by atoms with Gasteiger partial charge in [-0.25, -0.2) is 8.42 Å². The number of hydrogen-bond donors (Lipinski definition) is 1. The summed E-state index contributed by atoms with van der Waals surface area (Å²) in [6, 6.07) is 5.83. The topological polar surface area (TPSA) is 46.2 Å². The third-order valence-electron chi connectivity index (χ3n) is 3.07. The first kappa shape index (κ1) is 17.0. The fraction of sp³-hybridized carbons (Fsp3) is 0.538. The molecule has 0 saturated heterocycles. The maximum Gasteiger partial charge on any atom is 0.150 e. The molecule has 1 aromatic carbocycles. The molecule has 0 radical (unpaired) electrons. The molecule has 0 fully saturated rings. The van der Waals surface area contributed by atoms with Crippen LogP contribution in [0.25, 0.3) is 0 Å². The van der Waals surface area contributed by atoms with Crippen molar-refractivity contribution >= 4 is 37.4 Å². The van der Waals surface area contributed by atoms with E-state index < -0.39 is 9.84 Å². The maximum absolute atomic E-state index is 11.5. The highest BCUT2D eigenvalue weighted by atomic mass is 79.9. The van der Waals surface area contributed by atoms with Crippen LogP contribution in [0.4, 0.5) is 0 Å². The Kier molecular flexibility index (Phi) is 6.80. The van der Waals surface area contributed by atoms with Gasteiger partial charge in [0.15, 0.2) is 0 Å². The molecular formula is C13H19BrClNO2S. The molecule has 1 atom stereocenters. The zero-order valence-electron chi connectivity index (χ0n) is 11.1. The number of benzene rings is 1. The molecule has 1 N–H and O–H groups in total. The Labute approximate surface area is 128 Å². The van der Waals surface area contributed by atoms with Crippen LogP contribution in [0, 0.1) is 0 Å². The van der Waals surface area contributed by atoms with Crippen molar-refractivity contribution in [2.75, 3.05) is 18.6 Å². The van der Waals surface area contributed by atoms with Crippen LogP contribution in [-0.2, 0) is 9.84 Å². The zero-order valence-corrected chi connectivity index (χ0v) is 14.3. The van der Waals surface area contributed by atoms with Gasteiger partial charge in [-0.2, -0.15) is 0 Å². The average molecular weight is 369 g/mol. The van der Waals surface area contributed by atoms with E-state index in [1.165, 1.54) is 0 Å². The van der Waals surface area contributed by atoms with E-state index in [1.54, 1.807) is 6.92 Å². The molecule has 0 bridgehead atoms. The molecule has 1 aromatic rings. The Balaban J connectivity index is 2.68. The summed E-state index contributed by atoms with van der Waals surface area (Å²) in [6.45, 7) is 1.68. The molecule has 0 aliphatic carbocycles. The number of halogens is 2. The molecule has 0 aliphatic heterocycles. The van der Waals surface area contributed by atoms with Crippen molar-refractivity contribution in [2.24, 2.45) is 0 Å². The third kappa shape index (κ3) is 5.42. The molecule has 3 nitrogen and oxygen atoms in total. The molecule has 1 rings (SSSR count). The summed E-state index contributed by atoms with van der Waals surface area (Å²) in [5.41, 5.74) is 1.00. The summed E-state index contributed by atoms with van der Waals surface area (Å²) < 4.78 is 23.9. The standard InChI is InChI=1S/C13H19BrClNO2S/c1-3-19(17,18)8-4-5-13(16-2)11-7-6-10(14)9-12(11)15/h6-7,9,13,16H,3-5,8H2,1-2H3. The van der Waals surface area contributed by atoms with Crippen molar-refractivity contribution in [2.45, 2.75) is 25.8 Å². The maximum atomic E-state index is 11.5. The van der Waals surface area contributed by atoms with E-state index in [2.05, 4.69) is 21.2 Å². The SMILES string of the molecule is CCS(=O)(=O)CCCC(NC)c1ccc(Br)cc1Cl. The van der Waals surface area contributed by atoms with E-state index in [4.69, 9.17) is 11.6 Å². The largest absolute Gasteiger partial charge is 0.313 e. The lowest BCUT2D eigenvalue weighted by Crippen LogP contribution is -2.18. The van der Waals surface area contributed by atoms with Crippen molar-refractivity contribution in [1.82, 2.24) is 5.32 Å². The van der Waals surface area contributed by atoms with Crippen molar-refractivity contribution < 1.29 is 8.42 Å². The van der Waals surface area contributed by atoms with Crippen molar-refractivity contribution in [3.05, 3.63) is 33.3 Å². The van der Waals surface area contributed by atoms with Gasteiger partial charge >= 0.3 is 0 Å². The third-order valence-corrected chi connectivity index (χ3v) is 5.69. The summed E-state index contributed by atoms with van der Waals surface area (Å²) in [4.78, 5) is 0. The van der Waals surface area contributed by atoms with Crippen molar-refractivity contribution in [3.63, 3.8) is 0 Å². The molecule has 0 amide bonds. The molecule has 19 heavy (non-hydrogen) atoms. The lowest BCUT2D eigenvalue weighted by Gasteiger charge is -2.18. The minimum absolute atomic E-state index is 0.0765. The predicted molar refractivity (Wildman–Crippen MR) is 84.5 cm³/mol. The van der Waals surface area contributed by atoms with Crippen LogP contribution in [0.2, 0.25) is 5.02 Å². The van der Waals surface area contributed by atoms with Crippen LogP contribution in [-0.4, -0.2) is 27.0 Å². The highest BCUT2D eigenvalue weighted by molar-refractivity contribution is 9.10. The summed E-state index contributed by atoms with van der Waals surface area (Å²) in [5, 5.41) is 3.88. The second kappa shape index (κ2) is 7.62. The van der Waals surface area contributed by atoms with Gasteiger partial charge in [-0.05, 0) is 37.6 Å². The van der Waals surface area contributed by atoms with E-state index in [-0.39, 0.29) is 17.5 Å². The second-order valence-corrected chi connectivity index (χ2v) is 8.18. The van der Waals surface area contributed by atoms with Gasteiger partial charge in [0.1, 0.15) is 9.84 Å². The summed E-state index contributed by atoms with van der Waals surface area (Å²) in [5.74, 6) is 0.437. The summed E-state index contributed by atoms with van der Waals surface area (Å²) in [7, 11) is -1.03. The summed E-state index contributed by atoms with van der Waals surface area (Å²) >= 11 is 9.58. The molecular weight excluding hydrogens is 350 g/mol. The van der Waals surface area contributed by atoms with E-state index in [9.17, 15) is 8.42 Å². The first-order chi connectivity index (χ1) is 8.89. The van der Waals surface area contributed by atoms with Gasteiger partial charge in [0.25, 0.3) is 0 Å². The Morgan fingerprint density at radius 2 is 2.11 bits per heavy atom. The fourth-order valence-electron chi connectivity index (χ4n) is 1.89. The van der Waals surface area contributed by atoms with Crippen LogP contribution >= 0.6 is 27.5 Å². The molecule has 0 aromatic heterocycles. The van der Waals surface area contributed by atoms with E-state index in [1.807, 2.05) is 25.2 Å². The Hall–Kier alpha value is -0.100. The van der Waals surface area contributed by atoms with Crippen LogP contribution in [0.15, 0.2) is 22.7 Å². The van der Waals surface area contributed by atoms with Crippen molar-refractivity contribution in [3.8, 4) is 0 Å². The second-order valence-electron chi connectivity index (χ2n) is 4.39. The van der Waals surface area contributed by atoms with E-state index >= 15 is 0 Å². The highest BCUT2D eigenvalue weighted by Gasteiger charge is 2.15.